The van der Waals surface area contributed by atoms with Gasteiger partial charge in [-0.05, 0) is 45.0 Å². The molecule has 6 heteroatoms. The van der Waals surface area contributed by atoms with Crippen LogP contribution < -0.4 is 10.6 Å². The summed E-state index contributed by atoms with van der Waals surface area (Å²) in [6, 6.07) is 3.83. The van der Waals surface area contributed by atoms with E-state index >= 15 is 0 Å². The molecule has 2 rings (SSSR count). The summed E-state index contributed by atoms with van der Waals surface area (Å²) in [4.78, 5) is 6.90. The van der Waals surface area contributed by atoms with Crippen molar-refractivity contribution in [1.29, 1.82) is 0 Å². The van der Waals surface area contributed by atoms with Crippen molar-refractivity contribution in [2.24, 2.45) is 10.9 Å². The Kier molecular flexibility index (Phi) is 7.98. The van der Waals surface area contributed by atoms with Gasteiger partial charge in [0.2, 0.25) is 0 Å². The summed E-state index contributed by atoms with van der Waals surface area (Å²) in [7, 11) is 2.18. The average Bonchev–Trinajstić information content (AvgIpc) is 3.04. The number of aliphatic imine (C=N–C) groups is 1. The first kappa shape index (κ1) is 17.3. The van der Waals surface area contributed by atoms with Crippen LogP contribution in [0.3, 0.4) is 0 Å². The van der Waals surface area contributed by atoms with Crippen molar-refractivity contribution in [1.82, 2.24) is 15.5 Å². The predicted molar refractivity (Wildman–Crippen MR) is 92.5 cm³/mol. The van der Waals surface area contributed by atoms with E-state index in [1.807, 2.05) is 12.1 Å². The molecule has 1 saturated heterocycles. The van der Waals surface area contributed by atoms with Crippen molar-refractivity contribution in [3.8, 4) is 0 Å². The lowest BCUT2D eigenvalue weighted by Gasteiger charge is -2.15. The Morgan fingerprint density at radius 3 is 2.95 bits per heavy atom. The number of likely N-dealkylation sites (tertiary alicyclic amines) is 1. The minimum atomic E-state index is 0. The molecule has 114 valence electrons. The topological polar surface area (TPSA) is 52.8 Å². The molecule has 1 aromatic heterocycles. The normalized spacial score (nSPS) is 19.7. The lowest BCUT2D eigenvalue weighted by molar-refractivity contribution is 0.394. The van der Waals surface area contributed by atoms with Crippen molar-refractivity contribution in [3.63, 3.8) is 0 Å². The van der Waals surface area contributed by atoms with Crippen LogP contribution in [0.5, 0.6) is 0 Å². The smallest absolute Gasteiger partial charge is 0.191 e. The fourth-order valence-electron chi connectivity index (χ4n) is 2.34. The number of furan rings is 1. The number of hydrogen-bond acceptors (Lipinski definition) is 3. The predicted octanol–water partition coefficient (Wildman–Crippen LogP) is 1.90. The van der Waals surface area contributed by atoms with Crippen LogP contribution in [0.25, 0.3) is 0 Å². The van der Waals surface area contributed by atoms with Gasteiger partial charge in [0.15, 0.2) is 5.96 Å². The van der Waals surface area contributed by atoms with Gasteiger partial charge in [0.05, 0.1) is 6.26 Å². The summed E-state index contributed by atoms with van der Waals surface area (Å²) in [5.41, 5.74) is 0. The molecule has 1 fully saturated rings. The van der Waals surface area contributed by atoms with Crippen molar-refractivity contribution in [2.75, 3.05) is 33.2 Å². The maximum atomic E-state index is 5.28. The van der Waals surface area contributed by atoms with Crippen LogP contribution in [-0.2, 0) is 6.54 Å². The first-order valence-electron chi connectivity index (χ1n) is 7.01. The van der Waals surface area contributed by atoms with Gasteiger partial charge in [0.25, 0.3) is 0 Å². The summed E-state index contributed by atoms with van der Waals surface area (Å²) in [6.07, 6.45) is 2.95. The lowest BCUT2D eigenvalue weighted by Crippen LogP contribution is -2.40. The zero-order valence-electron chi connectivity index (χ0n) is 12.3. The molecule has 0 amide bonds. The summed E-state index contributed by atoms with van der Waals surface area (Å²) >= 11 is 0. The van der Waals surface area contributed by atoms with E-state index in [4.69, 9.17) is 4.42 Å². The van der Waals surface area contributed by atoms with Gasteiger partial charge < -0.3 is 20.0 Å². The quantitative estimate of drug-likeness (QED) is 0.457. The molecule has 2 N–H and O–H groups in total. The van der Waals surface area contributed by atoms with Crippen molar-refractivity contribution in [2.45, 2.75) is 19.9 Å². The molecule has 1 atom stereocenters. The Balaban J connectivity index is 0.00000200. The van der Waals surface area contributed by atoms with Crippen molar-refractivity contribution in [3.05, 3.63) is 24.2 Å². The summed E-state index contributed by atoms with van der Waals surface area (Å²) in [5.74, 6) is 2.48. The third kappa shape index (κ3) is 5.70. The molecule has 2 heterocycles. The van der Waals surface area contributed by atoms with Crippen molar-refractivity contribution < 1.29 is 4.42 Å². The highest BCUT2D eigenvalue weighted by Crippen LogP contribution is 2.12. The molecular formula is C14H25IN4O. The maximum absolute atomic E-state index is 5.28. The third-order valence-electron chi connectivity index (χ3n) is 3.36. The van der Waals surface area contributed by atoms with E-state index in [0.717, 1.165) is 30.7 Å². The van der Waals surface area contributed by atoms with E-state index in [9.17, 15) is 0 Å². The first-order valence-corrected chi connectivity index (χ1v) is 7.01. The molecule has 0 radical (unpaired) electrons. The fourth-order valence-corrected chi connectivity index (χ4v) is 2.34. The van der Waals surface area contributed by atoms with Crippen molar-refractivity contribution >= 4 is 29.9 Å². The number of nitrogens with zero attached hydrogens (tertiary/aromatic N) is 2. The van der Waals surface area contributed by atoms with Crippen LogP contribution in [0.15, 0.2) is 27.8 Å². The van der Waals surface area contributed by atoms with E-state index in [-0.39, 0.29) is 24.0 Å². The van der Waals surface area contributed by atoms with Gasteiger partial charge in [-0.1, -0.05) is 0 Å². The summed E-state index contributed by atoms with van der Waals surface area (Å²) < 4.78 is 5.28. The zero-order chi connectivity index (χ0) is 13.5. The molecule has 1 aliphatic rings. The first-order chi connectivity index (χ1) is 9.28. The fraction of sp³-hybridized carbons (Fsp3) is 0.643. The monoisotopic (exact) mass is 392 g/mol. The number of rotatable bonds is 5. The second kappa shape index (κ2) is 9.23. The highest BCUT2D eigenvalue weighted by Gasteiger charge is 2.19. The van der Waals surface area contributed by atoms with Gasteiger partial charge in [0.1, 0.15) is 12.3 Å². The van der Waals surface area contributed by atoms with Gasteiger partial charge in [0, 0.05) is 19.6 Å². The van der Waals surface area contributed by atoms with Crippen LogP contribution in [0.1, 0.15) is 19.1 Å². The Bertz CT molecular complexity index is 394. The van der Waals surface area contributed by atoms with Crippen LogP contribution in [-0.4, -0.2) is 44.1 Å². The number of halogens is 1. The SMILES string of the molecule is CCNC(=NCc1ccco1)NCC1CCN(C)C1.I. The molecular weight excluding hydrogens is 367 g/mol. The third-order valence-corrected chi connectivity index (χ3v) is 3.36. The molecule has 1 aromatic rings. The highest BCUT2D eigenvalue weighted by atomic mass is 127. The highest BCUT2D eigenvalue weighted by molar-refractivity contribution is 14.0. The minimum absolute atomic E-state index is 0. The molecule has 0 aromatic carbocycles. The van der Waals surface area contributed by atoms with E-state index < -0.39 is 0 Å². The Hall–Kier alpha value is -0.760. The molecule has 1 unspecified atom stereocenters. The van der Waals surface area contributed by atoms with E-state index in [0.29, 0.717) is 6.54 Å². The van der Waals surface area contributed by atoms with Gasteiger partial charge >= 0.3 is 0 Å². The van der Waals surface area contributed by atoms with Gasteiger partial charge in [-0.15, -0.1) is 24.0 Å². The average molecular weight is 392 g/mol. The number of hydrogen-bond donors (Lipinski definition) is 2. The van der Waals surface area contributed by atoms with E-state index in [1.54, 1.807) is 6.26 Å². The number of nitrogens with one attached hydrogen (secondary N) is 2. The standard InChI is InChI=1S/C14H24N4O.HI/c1-3-15-14(17-10-13-5-4-8-19-13)16-9-12-6-7-18(2)11-12;/h4-5,8,12H,3,6-7,9-11H2,1-2H3,(H2,15,16,17);1H. The Labute approximate surface area is 138 Å². The van der Waals surface area contributed by atoms with E-state index in [1.165, 1.54) is 19.5 Å². The molecule has 1 aliphatic heterocycles. The van der Waals surface area contributed by atoms with Crippen LogP contribution in [0.2, 0.25) is 0 Å². The largest absolute Gasteiger partial charge is 0.467 e. The molecule has 0 aliphatic carbocycles. The zero-order valence-corrected chi connectivity index (χ0v) is 14.6. The van der Waals surface area contributed by atoms with Gasteiger partial charge in [-0.25, -0.2) is 4.99 Å². The molecule has 0 bridgehead atoms. The summed E-state index contributed by atoms with van der Waals surface area (Å²) in [6.45, 7) is 6.88. The lowest BCUT2D eigenvalue weighted by atomic mass is 10.1. The Morgan fingerprint density at radius 2 is 2.35 bits per heavy atom. The summed E-state index contributed by atoms with van der Waals surface area (Å²) in [5, 5.41) is 6.68. The molecule has 0 spiro atoms. The second-order valence-corrected chi connectivity index (χ2v) is 5.07. The second-order valence-electron chi connectivity index (χ2n) is 5.07. The van der Waals surface area contributed by atoms with Crippen LogP contribution >= 0.6 is 24.0 Å². The van der Waals surface area contributed by atoms with Crippen LogP contribution in [0, 0.1) is 5.92 Å². The molecule has 20 heavy (non-hydrogen) atoms. The van der Waals surface area contributed by atoms with Crippen LogP contribution in [0.4, 0.5) is 0 Å². The Morgan fingerprint density at radius 1 is 1.50 bits per heavy atom. The minimum Gasteiger partial charge on any atom is -0.467 e. The molecule has 0 saturated carbocycles. The van der Waals surface area contributed by atoms with E-state index in [2.05, 4.69) is 34.5 Å². The maximum Gasteiger partial charge on any atom is 0.191 e. The number of guanidine groups is 1. The molecule has 5 nitrogen and oxygen atoms in total. The van der Waals surface area contributed by atoms with Gasteiger partial charge in [-0.3, -0.25) is 0 Å². The van der Waals surface area contributed by atoms with Gasteiger partial charge in [-0.2, -0.15) is 0 Å².